The molecule has 0 atom stereocenters. The maximum atomic E-state index is 13.3. The topological polar surface area (TPSA) is 118 Å². The minimum atomic E-state index is -0.771. The van der Waals surface area contributed by atoms with E-state index in [9.17, 15) is 9.59 Å². The predicted octanol–water partition coefficient (Wildman–Crippen LogP) is 3.09. The number of aromatic nitrogens is 3. The highest BCUT2D eigenvalue weighted by Gasteiger charge is 2.57. The fourth-order valence-electron chi connectivity index (χ4n) is 6.48. The molecule has 0 bridgehead atoms. The third kappa shape index (κ3) is 5.16. The number of hydrogen-bond acceptors (Lipinski definition) is 9. The Morgan fingerprint density at radius 1 is 0.900 bits per heavy atom. The van der Waals surface area contributed by atoms with Crippen LogP contribution in [0.15, 0.2) is 36.7 Å². The van der Waals surface area contributed by atoms with Crippen molar-refractivity contribution in [2.75, 3.05) is 68.0 Å². The number of rotatable bonds is 6. The van der Waals surface area contributed by atoms with Crippen molar-refractivity contribution >= 4 is 29.1 Å². The third-order valence-electron chi connectivity index (χ3n) is 9.35. The number of likely N-dealkylation sites (tertiary alicyclic amines) is 1. The lowest BCUT2D eigenvalue weighted by atomic mass is 9.71. The van der Waals surface area contributed by atoms with Crippen LogP contribution in [-0.2, 0) is 14.3 Å². The number of pyridine rings is 1. The first-order valence-electron chi connectivity index (χ1n) is 14.6. The highest BCUT2D eigenvalue weighted by atomic mass is 16.5. The van der Waals surface area contributed by atoms with E-state index in [0.717, 1.165) is 87.7 Å². The van der Waals surface area contributed by atoms with Crippen LogP contribution in [0.3, 0.4) is 0 Å². The van der Waals surface area contributed by atoms with Crippen molar-refractivity contribution in [2.45, 2.75) is 45.4 Å². The molecule has 2 N–H and O–H groups in total. The first-order valence-corrected chi connectivity index (χ1v) is 14.6. The maximum absolute atomic E-state index is 13.3. The van der Waals surface area contributed by atoms with Gasteiger partial charge in [0, 0.05) is 69.0 Å². The number of hydrogen-bond donors (Lipinski definition) is 1. The molecule has 2 aromatic rings. The van der Waals surface area contributed by atoms with Crippen molar-refractivity contribution < 1.29 is 14.3 Å². The number of nitrogens with zero attached hydrogens (tertiary/aromatic N) is 6. The lowest BCUT2D eigenvalue weighted by molar-refractivity contribution is -0.143. The van der Waals surface area contributed by atoms with Crippen LogP contribution in [0, 0.1) is 10.8 Å². The first-order chi connectivity index (χ1) is 19.4. The number of nitrogens with two attached hydrogens (primary N) is 1. The number of carbonyl (C=O) groups is 2. The van der Waals surface area contributed by atoms with Crippen molar-refractivity contribution in [1.82, 2.24) is 19.9 Å². The SMILES string of the molecule is C/C=C\C(=O)C1(C(=O)N2CCC3(CC2)CCN(c2cc(-c4cnc(N)nc4)nc(N4CCOCC4)c2)CC3)CC1. The Hall–Kier alpha value is -3.53. The predicted molar refractivity (Wildman–Crippen MR) is 154 cm³/mol. The van der Waals surface area contributed by atoms with Crippen LogP contribution < -0.4 is 15.5 Å². The van der Waals surface area contributed by atoms with Crippen LogP contribution in [-0.4, -0.2) is 84.0 Å². The molecule has 6 rings (SSSR count). The van der Waals surface area contributed by atoms with Crippen LogP contribution in [0.5, 0.6) is 0 Å². The number of anilines is 3. The Labute approximate surface area is 235 Å². The number of morpholine rings is 1. The number of allylic oxidation sites excluding steroid dienone is 2. The summed E-state index contributed by atoms with van der Waals surface area (Å²) in [5.74, 6) is 1.22. The van der Waals surface area contributed by atoms with Crippen molar-refractivity contribution in [3.05, 3.63) is 36.7 Å². The Kier molecular flexibility index (Phi) is 7.20. The number of carbonyl (C=O) groups excluding carboxylic acids is 2. The van der Waals surface area contributed by atoms with Gasteiger partial charge in [0.05, 0.1) is 18.9 Å². The van der Waals surface area contributed by atoms with Gasteiger partial charge in [-0.1, -0.05) is 6.08 Å². The van der Waals surface area contributed by atoms with Gasteiger partial charge in [0.1, 0.15) is 11.2 Å². The van der Waals surface area contributed by atoms with Crippen LogP contribution in [0.1, 0.15) is 45.4 Å². The van der Waals surface area contributed by atoms with E-state index in [1.54, 1.807) is 24.5 Å². The fraction of sp³-hybridized carbons (Fsp3) is 0.567. The summed E-state index contributed by atoms with van der Waals surface area (Å²) in [6, 6.07) is 4.33. The van der Waals surface area contributed by atoms with E-state index in [4.69, 9.17) is 15.5 Å². The van der Waals surface area contributed by atoms with Crippen molar-refractivity contribution in [1.29, 1.82) is 0 Å². The Morgan fingerprint density at radius 2 is 1.55 bits per heavy atom. The van der Waals surface area contributed by atoms with E-state index < -0.39 is 5.41 Å². The highest BCUT2D eigenvalue weighted by Crippen LogP contribution is 2.50. The molecule has 0 radical (unpaired) electrons. The van der Waals surface area contributed by atoms with Crippen molar-refractivity contribution in [3.8, 4) is 11.3 Å². The van der Waals surface area contributed by atoms with Crippen LogP contribution >= 0.6 is 0 Å². The second-order valence-corrected chi connectivity index (χ2v) is 11.7. The van der Waals surface area contributed by atoms with E-state index >= 15 is 0 Å². The monoisotopic (exact) mass is 545 g/mol. The molecule has 10 heteroatoms. The van der Waals surface area contributed by atoms with Gasteiger partial charge < -0.3 is 25.2 Å². The average Bonchev–Trinajstić information content (AvgIpc) is 3.81. The zero-order valence-electron chi connectivity index (χ0n) is 23.3. The molecule has 1 saturated carbocycles. The zero-order chi connectivity index (χ0) is 27.7. The number of amides is 1. The molecule has 0 aromatic carbocycles. The summed E-state index contributed by atoms with van der Waals surface area (Å²) >= 11 is 0. The molecule has 2 aromatic heterocycles. The molecule has 212 valence electrons. The summed E-state index contributed by atoms with van der Waals surface area (Å²) in [5, 5.41) is 0. The van der Waals surface area contributed by atoms with Gasteiger partial charge in [-0.15, -0.1) is 0 Å². The molecule has 4 aliphatic rings. The van der Waals surface area contributed by atoms with Gasteiger partial charge in [-0.2, -0.15) is 0 Å². The summed E-state index contributed by atoms with van der Waals surface area (Å²) < 4.78 is 5.57. The lowest BCUT2D eigenvalue weighted by Gasteiger charge is -2.48. The van der Waals surface area contributed by atoms with Crippen LogP contribution in [0.25, 0.3) is 11.3 Å². The zero-order valence-corrected chi connectivity index (χ0v) is 23.3. The van der Waals surface area contributed by atoms with E-state index in [2.05, 4.69) is 31.9 Å². The maximum Gasteiger partial charge on any atom is 0.236 e. The standard InChI is InChI=1S/C30H39N7O3/c1-2-3-25(38)30(4-5-30)27(39)37-12-8-29(9-13-37)6-10-35(11-7-29)23-18-24(22-20-32-28(31)33-21-22)34-26(19-23)36-14-16-40-17-15-36/h2-3,18-21H,4-17H2,1H3,(H2,31,32,33)/b3-2-. The largest absolute Gasteiger partial charge is 0.378 e. The van der Waals surface area contributed by atoms with Gasteiger partial charge in [0.15, 0.2) is 5.78 Å². The minimum Gasteiger partial charge on any atom is -0.378 e. The summed E-state index contributed by atoms with van der Waals surface area (Å²) in [6.45, 7) is 8.28. The molecule has 5 heterocycles. The lowest BCUT2D eigenvalue weighted by Crippen LogP contribution is -2.50. The molecular formula is C30H39N7O3. The molecule has 0 unspecified atom stereocenters. The molecule has 1 amide bonds. The van der Waals surface area contributed by atoms with Gasteiger partial charge in [-0.25, -0.2) is 15.0 Å². The smallest absolute Gasteiger partial charge is 0.236 e. The second kappa shape index (κ2) is 10.8. The molecule has 40 heavy (non-hydrogen) atoms. The number of nitrogen functional groups attached to an aromatic ring is 1. The minimum absolute atomic E-state index is 0.0210. The fourth-order valence-corrected chi connectivity index (χ4v) is 6.48. The third-order valence-corrected chi connectivity index (χ3v) is 9.35. The molecule has 3 aliphatic heterocycles. The normalized spacial score (nSPS) is 22.1. The molecule has 10 nitrogen and oxygen atoms in total. The van der Waals surface area contributed by atoms with E-state index in [0.29, 0.717) is 26.1 Å². The summed E-state index contributed by atoms with van der Waals surface area (Å²) in [4.78, 5) is 45.9. The Bertz CT molecular complexity index is 1270. The Balaban J connectivity index is 1.14. The average molecular weight is 546 g/mol. The molecule has 1 spiro atoms. The van der Waals surface area contributed by atoms with Crippen molar-refractivity contribution in [3.63, 3.8) is 0 Å². The first kappa shape index (κ1) is 26.7. The van der Waals surface area contributed by atoms with E-state index in [1.807, 2.05) is 11.8 Å². The van der Waals surface area contributed by atoms with Crippen LogP contribution in [0.2, 0.25) is 0 Å². The van der Waals surface area contributed by atoms with Gasteiger partial charge in [-0.05, 0) is 63.0 Å². The van der Waals surface area contributed by atoms with Gasteiger partial charge >= 0.3 is 0 Å². The highest BCUT2D eigenvalue weighted by molar-refractivity contribution is 6.13. The molecule has 1 aliphatic carbocycles. The molecule has 4 fully saturated rings. The summed E-state index contributed by atoms with van der Waals surface area (Å²) in [7, 11) is 0. The number of piperidine rings is 2. The quantitative estimate of drug-likeness (QED) is 0.432. The van der Waals surface area contributed by atoms with Gasteiger partial charge in [0.2, 0.25) is 11.9 Å². The molecular weight excluding hydrogens is 506 g/mol. The van der Waals surface area contributed by atoms with Gasteiger partial charge in [-0.3, -0.25) is 9.59 Å². The number of ketones is 1. The van der Waals surface area contributed by atoms with E-state index in [-0.39, 0.29) is 23.1 Å². The Morgan fingerprint density at radius 3 is 2.17 bits per heavy atom. The summed E-state index contributed by atoms with van der Waals surface area (Å²) in [6.07, 6.45) is 12.3. The van der Waals surface area contributed by atoms with Crippen LogP contribution in [0.4, 0.5) is 17.5 Å². The molecule has 3 saturated heterocycles. The van der Waals surface area contributed by atoms with Crippen molar-refractivity contribution in [2.24, 2.45) is 10.8 Å². The summed E-state index contributed by atoms with van der Waals surface area (Å²) in [5.41, 5.74) is 8.05. The van der Waals surface area contributed by atoms with E-state index in [1.165, 1.54) is 0 Å². The van der Waals surface area contributed by atoms with Gasteiger partial charge in [0.25, 0.3) is 0 Å². The second-order valence-electron chi connectivity index (χ2n) is 11.7. The number of ether oxygens (including phenoxy) is 1.